The number of hydrogen-bond acceptors (Lipinski definition) is 4. The molecule has 1 atom stereocenters. The summed E-state index contributed by atoms with van der Waals surface area (Å²) >= 11 is 1.64. The fraction of sp³-hybridized carbons (Fsp3) is 0.500. The monoisotopic (exact) mass is 240 g/mol. The summed E-state index contributed by atoms with van der Waals surface area (Å²) in [6, 6.07) is 5.74. The average Bonchev–Trinajstić information content (AvgIpc) is 2.19. The fourth-order valence-electron chi connectivity index (χ4n) is 1.48. The molecule has 0 radical (unpaired) electrons. The molecule has 16 heavy (non-hydrogen) atoms. The van der Waals surface area contributed by atoms with Gasteiger partial charge in [-0.15, -0.1) is 0 Å². The van der Waals surface area contributed by atoms with Gasteiger partial charge >= 0.3 is 0 Å². The number of nitrogen functional groups attached to an aromatic ring is 1. The molecule has 0 saturated carbocycles. The van der Waals surface area contributed by atoms with Gasteiger partial charge in [-0.05, 0) is 37.8 Å². The second-order valence-corrected chi connectivity index (χ2v) is 5.22. The summed E-state index contributed by atoms with van der Waals surface area (Å²) in [5.74, 6) is 0.710. The van der Waals surface area contributed by atoms with E-state index in [1.54, 1.807) is 11.8 Å². The molecule has 0 spiro atoms. The minimum Gasteiger partial charge on any atom is -0.399 e. The molecule has 1 rings (SSSR count). The van der Waals surface area contributed by atoms with Gasteiger partial charge in [0, 0.05) is 23.7 Å². The van der Waals surface area contributed by atoms with Crippen LogP contribution in [0.4, 0.5) is 11.4 Å². The summed E-state index contributed by atoms with van der Waals surface area (Å²) in [4.78, 5) is 0. The van der Waals surface area contributed by atoms with E-state index in [9.17, 15) is 5.11 Å². The van der Waals surface area contributed by atoms with Gasteiger partial charge in [-0.1, -0.05) is 6.07 Å². The van der Waals surface area contributed by atoms with Crippen LogP contribution in [0, 0.1) is 6.92 Å². The van der Waals surface area contributed by atoms with E-state index in [2.05, 4.69) is 5.32 Å². The molecule has 4 N–H and O–H groups in total. The number of anilines is 2. The molecule has 3 nitrogen and oxygen atoms in total. The molecule has 0 bridgehead atoms. The third-order valence-corrected chi connectivity index (χ3v) is 3.29. The normalized spacial score (nSPS) is 14.5. The lowest BCUT2D eigenvalue weighted by molar-refractivity contribution is 0.0997. The van der Waals surface area contributed by atoms with Crippen LogP contribution >= 0.6 is 11.8 Å². The van der Waals surface area contributed by atoms with E-state index >= 15 is 0 Å². The van der Waals surface area contributed by atoms with Crippen LogP contribution in [0.3, 0.4) is 0 Å². The van der Waals surface area contributed by atoms with Crippen LogP contribution in [-0.2, 0) is 0 Å². The maximum atomic E-state index is 10.0. The molecule has 4 heteroatoms. The van der Waals surface area contributed by atoms with Gasteiger partial charge < -0.3 is 16.2 Å². The van der Waals surface area contributed by atoms with Crippen molar-refractivity contribution in [1.82, 2.24) is 0 Å². The Hall–Kier alpha value is -0.870. The first-order valence-corrected chi connectivity index (χ1v) is 6.65. The zero-order valence-corrected chi connectivity index (χ0v) is 10.9. The molecule has 90 valence electrons. The van der Waals surface area contributed by atoms with Crippen molar-refractivity contribution in [3.63, 3.8) is 0 Å². The lowest BCUT2D eigenvalue weighted by atomic mass is 10.1. The maximum Gasteiger partial charge on any atom is 0.0880 e. The first kappa shape index (κ1) is 13.2. The van der Waals surface area contributed by atoms with Gasteiger partial charge in [0.25, 0.3) is 0 Å². The van der Waals surface area contributed by atoms with Crippen LogP contribution in [0.25, 0.3) is 0 Å². The minimum atomic E-state index is -0.698. The molecule has 0 heterocycles. The van der Waals surface area contributed by atoms with E-state index < -0.39 is 5.60 Å². The van der Waals surface area contributed by atoms with E-state index in [0.29, 0.717) is 12.3 Å². The molecule has 1 unspecified atom stereocenters. The van der Waals surface area contributed by atoms with Crippen molar-refractivity contribution in [3.8, 4) is 0 Å². The number of nitrogens with one attached hydrogen (secondary N) is 1. The van der Waals surface area contributed by atoms with Crippen molar-refractivity contribution >= 4 is 23.1 Å². The first-order chi connectivity index (χ1) is 7.44. The van der Waals surface area contributed by atoms with Gasteiger partial charge in [0.05, 0.1) is 5.60 Å². The summed E-state index contributed by atoms with van der Waals surface area (Å²) in [5.41, 5.74) is 7.88. The lowest BCUT2D eigenvalue weighted by Crippen LogP contribution is -2.36. The van der Waals surface area contributed by atoms with E-state index in [1.807, 2.05) is 38.3 Å². The van der Waals surface area contributed by atoms with E-state index in [4.69, 9.17) is 5.73 Å². The Bertz CT molecular complexity index is 353. The third kappa shape index (κ3) is 3.94. The summed E-state index contributed by atoms with van der Waals surface area (Å²) in [6.45, 7) is 4.38. The van der Waals surface area contributed by atoms with Crippen LogP contribution in [0.1, 0.15) is 12.5 Å². The van der Waals surface area contributed by atoms with E-state index in [1.165, 1.54) is 0 Å². The Kier molecular flexibility index (Phi) is 4.50. The van der Waals surface area contributed by atoms with Gasteiger partial charge in [-0.3, -0.25) is 0 Å². The summed E-state index contributed by atoms with van der Waals surface area (Å²) in [6.07, 6.45) is 1.99. The largest absolute Gasteiger partial charge is 0.399 e. The highest BCUT2D eigenvalue weighted by Crippen LogP contribution is 2.19. The second-order valence-electron chi connectivity index (χ2n) is 4.36. The average molecular weight is 240 g/mol. The van der Waals surface area contributed by atoms with Crippen molar-refractivity contribution in [2.24, 2.45) is 0 Å². The predicted molar refractivity (Wildman–Crippen MR) is 73.1 cm³/mol. The molecule has 0 aliphatic rings. The molecular formula is C12H20N2OS. The molecule has 0 amide bonds. The minimum absolute atomic E-state index is 0.526. The number of hydrogen-bond donors (Lipinski definition) is 3. The second kappa shape index (κ2) is 5.46. The summed E-state index contributed by atoms with van der Waals surface area (Å²) in [5, 5.41) is 13.3. The van der Waals surface area contributed by atoms with Gasteiger partial charge in [-0.2, -0.15) is 11.8 Å². The molecule has 0 aliphatic carbocycles. The van der Waals surface area contributed by atoms with Gasteiger partial charge in [0.2, 0.25) is 0 Å². The van der Waals surface area contributed by atoms with E-state index in [0.717, 1.165) is 16.9 Å². The molecule has 0 saturated heterocycles. The van der Waals surface area contributed by atoms with Crippen molar-refractivity contribution in [1.29, 1.82) is 0 Å². The maximum absolute atomic E-state index is 10.0. The molecule has 0 aromatic heterocycles. The number of rotatable bonds is 5. The smallest absolute Gasteiger partial charge is 0.0880 e. The van der Waals surface area contributed by atoms with Crippen LogP contribution in [0.5, 0.6) is 0 Å². The number of aryl methyl sites for hydroxylation is 1. The highest BCUT2D eigenvalue weighted by atomic mass is 32.2. The zero-order chi connectivity index (χ0) is 12.2. The Morgan fingerprint density at radius 1 is 1.50 bits per heavy atom. The Labute approximate surface area is 101 Å². The quantitative estimate of drug-likeness (QED) is 0.690. The number of nitrogens with two attached hydrogens (primary N) is 1. The topological polar surface area (TPSA) is 58.3 Å². The van der Waals surface area contributed by atoms with Gasteiger partial charge in [0.1, 0.15) is 0 Å². The lowest BCUT2D eigenvalue weighted by Gasteiger charge is -2.23. The van der Waals surface area contributed by atoms with Crippen LogP contribution in [0.15, 0.2) is 18.2 Å². The molecular weight excluding hydrogens is 220 g/mol. The molecule has 0 aliphatic heterocycles. The molecule has 1 aromatic carbocycles. The van der Waals surface area contributed by atoms with Crippen molar-refractivity contribution in [2.75, 3.05) is 29.6 Å². The fourth-order valence-corrected chi connectivity index (χ4v) is 2.20. The SMILES string of the molecule is CSCC(C)(O)CNc1cc(N)ccc1C. The van der Waals surface area contributed by atoms with Gasteiger partial charge in [0.15, 0.2) is 0 Å². The molecule has 1 aromatic rings. The number of thioether (sulfide) groups is 1. The van der Waals surface area contributed by atoms with Crippen molar-refractivity contribution in [3.05, 3.63) is 23.8 Å². The van der Waals surface area contributed by atoms with Crippen LogP contribution < -0.4 is 11.1 Å². The zero-order valence-electron chi connectivity index (χ0n) is 10.1. The van der Waals surface area contributed by atoms with Crippen molar-refractivity contribution < 1.29 is 5.11 Å². The number of benzene rings is 1. The highest BCUT2D eigenvalue weighted by molar-refractivity contribution is 7.98. The van der Waals surface area contributed by atoms with Crippen LogP contribution in [-0.4, -0.2) is 29.3 Å². The van der Waals surface area contributed by atoms with Gasteiger partial charge in [-0.25, -0.2) is 0 Å². The Morgan fingerprint density at radius 3 is 2.81 bits per heavy atom. The third-order valence-electron chi connectivity index (χ3n) is 2.38. The van der Waals surface area contributed by atoms with E-state index in [-0.39, 0.29) is 0 Å². The first-order valence-electron chi connectivity index (χ1n) is 5.26. The summed E-state index contributed by atoms with van der Waals surface area (Å²) < 4.78 is 0. The number of aliphatic hydroxyl groups is 1. The highest BCUT2D eigenvalue weighted by Gasteiger charge is 2.19. The van der Waals surface area contributed by atoms with Crippen LogP contribution in [0.2, 0.25) is 0 Å². The Morgan fingerprint density at radius 2 is 2.19 bits per heavy atom. The standard InChI is InChI=1S/C12H20N2OS/c1-9-4-5-10(13)6-11(9)14-7-12(2,15)8-16-3/h4-6,14-15H,7-8,13H2,1-3H3. The van der Waals surface area contributed by atoms with Crippen molar-refractivity contribution in [2.45, 2.75) is 19.4 Å². The Balaban J connectivity index is 2.63. The predicted octanol–water partition coefficient (Wildman–Crippen LogP) is 2.10. The molecule has 0 fully saturated rings. The summed E-state index contributed by atoms with van der Waals surface area (Å²) in [7, 11) is 0.